The molecule has 4 aliphatic rings. The van der Waals surface area contributed by atoms with E-state index in [9.17, 15) is 15.0 Å². The van der Waals surface area contributed by atoms with Gasteiger partial charge in [0.25, 0.3) is 0 Å². The normalized spacial score (nSPS) is 51.7. The molecule has 0 aromatic heterocycles. The summed E-state index contributed by atoms with van der Waals surface area (Å²) >= 11 is 0. The number of rotatable bonds is 4. The zero-order valence-corrected chi connectivity index (χ0v) is 17.9. The predicted octanol–water partition coefficient (Wildman–Crippen LogP) is 4.48. The van der Waals surface area contributed by atoms with Crippen LogP contribution in [-0.2, 0) is 4.79 Å². The fourth-order valence-electron chi connectivity index (χ4n) is 8.73. The number of carbonyl (C=O) groups is 1. The van der Waals surface area contributed by atoms with Crippen LogP contribution in [0.4, 0.5) is 0 Å². The summed E-state index contributed by atoms with van der Waals surface area (Å²) in [5.74, 6) is 2.36. The molecule has 4 rings (SSSR count). The molecule has 4 fully saturated rings. The lowest BCUT2D eigenvalue weighted by molar-refractivity contribution is -0.174. The first kappa shape index (κ1) is 20.7. The number of hydrogen-bond donors (Lipinski definition) is 3. The van der Waals surface area contributed by atoms with Gasteiger partial charge in [0.15, 0.2) is 0 Å². The lowest BCUT2D eigenvalue weighted by atomic mass is 9.43. The van der Waals surface area contributed by atoms with Crippen LogP contribution in [0.5, 0.6) is 0 Å². The minimum absolute atomic E-state index is 0.179. The Morgan fingerprint density at radius 2 is 1.68 bits per heavy atom. The molecule has 0 heterocycles. The molecule has 160 valence electrons. The van der Waals surface area contributed by atoms with E-state index >= 15 is 0 Å². The Hall–Kier alpha value is -0.610. The molecule has 0 radical (unpaired) electrons. The molecule has 0 saturated heterocycles. The third-order valence-electron chi connectivity index (χ3n) is 10.2. The maximum atomic E-state index is 11.2. The van der Waals surface area contributed by atoms with E-state index in [1.54, 1.807) is 0 Å². The highest BCUT2D eigenvalue weighted by Crippen LogP contribution is 2.68. The Morgan fingerprint density at radius 3 is 2.39 bits per heavy atom. The van der Waals surface area contributed by atoms with Crippen LogP contribution >= 0.6 is 0 Å². The van der Waals surface area contributed by atoms with E-state index in [4.69, 9.17) is 5.11 Å². The van der Waals surface area contributed by atoms with Crippen LogP contribution in [0.2, 0.25) is 0 Å². The van der Waals surface area contributed by atoms with E-state index in [0.29, 0.717) is 35.5 Å². The molecule has 3 N–H and O–H groups in total. The Bertz CT molecular complexity index is 605. The first-order chi connectivity index (χ1) is 13.2. The molecular formula is C24H40O4. The molecule has 4 nitrogen and oxygen atoms in total. The molecular weight excluding hydrogens is 352 g/mol. The van der Waals surface area contributed by atoms with Gasteiger partial charge in [-0.3, -0.25) is 4.79 Å². The quantitative estimate of drug-likeness (QED) is 0.659. The zero-order chi connectivity index (χ0) is 20.3. The van der Waals surface area contributed by atoms with Crippen molar-refractivity contribution in [3.05, 3.63) is 0 Å². The van der Waals surface area contributed by atoms with E-state index in [1.165, 1.54) is 25.7 Å². The van der Waals surface area contributed by atoms with Crippen molar-refractivity contribution >= 4 is 5.97 Å². The van der Waals surface area contributed by atoms with E-state index in [2.05, 4.69) is 20.8 Å². The van der Waals surface area contributed by atoms with Gasteiger partial charge in [-0.15, -0.1) is 0 Å². The van der Waals surface area contributed by atoms with Crippen LogP contribution in [-0.4, -0.2) is 33.5 Å². The monoisotopic (exact) mass is 392 g/mol. The summed E-state index contributed by atoms with van der Waals surface area (Å²) < 4.78 is 0. The lowest BCUT2D eigenvalue weighted by Gasteiger charge is -2.62. The molecule has 0 aliphatic heterocycles. The van der Waals surface area contributed by atoms with E-state index in [-0.39, 0.29) is 29.5 Å². The fourth-order valence-corrected chi connectivity index (χ4v) is 8.73. The number of aliphatic hydroxyl groups excluding tert-OH is 2. The third-order valence-corrected chi connectivity index (χ3v) is 10.2. The summed E-state index contributed by atoms with van der Waals surface area (Å²) in [7, 11) is 0. The average Bonchev–Trinajstić information content (AvgIpc) is 2.98. The molecule has 4 saturated carbocycles. The third kappa shape index (κ3) is 3.14. The second-order valence-electron chi connectivity index (χ2n) is 11.4. The van der Waals surface area contributed by atoms with Gasteiger partial charge < -0.3 is 15.3 Å². The Kier molecular flexibility index (Phi) is 5.36. The van der Waals surface area contributed by atoms with Crippen LogP contribution in [0.1, 0.15) is 85.0 Å². The second-order valence-corrected chi connectivity index (χ2v) is 11.4. The first-order valence-corrected chi connectivity index (χ1v) is 11.7. The number of aliphatic hydroxyl groups is 2. The molecule has 4 aliphatic carbocycles. The summed E-state index contributed by atoms with van der Waals surface area (Å²) in [4.78, 5) is 11.1. The highest BCUT2D eigenvalue weighted by molar-refractivity contribution is 5.66. The second kappa shape index (κ2) is 7.27. The minimum atomic E-state index is -0.684. The van der Waals surface area contributed by atoms with E-state index < -0.39 is 5.97 Å². The maximum absolute atomic E-state index is 11.2. The van der Waals surface area contributed by atoms with Gasteiger partial charge in [0, 0.05) is 6.42 Å². The molecule has 3 unspecified atom stereocenters. The van der Waals surface area contributed by atoms with Crippen LogP contribution in [0.15, 0.2) is 0 Å². The van der Waals surface area contributed by atoms with Crippen molar-refractivity contribution in [2.75, 3.05) is 0 Å². The molecule has 0 amide bonds. The van der Waals surface area contributed by atoms with Gasteiger partial charge in [-0.05, 0) is 104 Å². The van der Waals surface area contributed by atoms with Crippen LogP contribution in [0.3, 0.4) is 0 Å². The van der Waals surface area contributed by atoms with Gasteiger partial charge in [0.05, 0.1) is 12.2 Å². The van der Waals surface area contributed by atoms with Crippen molar-refractivity contribution in [2.45, 2.75) is 97.2 Å². The number of hydrogen-bond acceptors (Lipinski definition) is 3. The summed E-state index contributed by atoms with van der Waals surface area (Å²) in [6.07, 6.45) is 9.19. The van der Waals surface area contributed by atoms with Gasteiger partial charge >= 0.3 is 5.97 Å². The van der Waals surface area contributed by atoms with E-state index in [0.717, 1.165) is 32.1 Å². The maximum Gasteiger partial charge on any atom is 0.303 e. The smallest absolute Gasteiger partial charge is 0.303 e. The van der Waals surface area contributed by atoms with Crippen LogP contribution < -0.4 is 0 Å². The standard InChI is InChI=1S/C24H40O4/c1-14(4-7-21(27)28)17-5-6-18-22-19(9-11-24(17,18)3)23(2)10-8-16(25)12-15(23)13-20(22)26/h14-20,22,25-26H,4-13H2,1-3H3,(H,27,28)/t14?,15-,16?,17+,18-,19-,20?,22-,23-,24+/m0/s1. The average molecular weight is 393 g/mol. The van der Waals surface area contributed by atoms with Gasteiger partial charge in [0.1, 0.15) is 0 Å². The van der Waals surface area contributed by atoms with Gasteiger partial charge in [-0.2, -0.15) is 0 Å². The number of carboxylic acids is 1. The largest absolute Gasteiger partial charge is 0.481 e. The highest BCUT2D eigenvalue weighted by atomic mass is 16.4. The van der Waals surface area contributed by atoms with Crippen molar-refractivity contribution in [2.24, 2.45) is 46.3 Å². The summed E-state index contributed by atoms with van der Waals surface area (Å²) in [5.41, 5.74) is 0.523. The van der Waals surface area contributed by atoms with Gasteiger partial charge in [-0.1, -0.05) is 20.8 Å². The lowest BCUT2D eigenvalue weighted by Crippen LogP contribution is -2.58. The van der Waals surface area contributed by atoms with Crippen molar-refractivity contribution in [1.82, 2.24) is 0 Å². The fraction of sp³-hybridized carbons (Fsp3) is 0.958. The molecule has 4 heteroatoms. The SMILES string of the molecule is CC(CCC(=O)O)[C@H]1CC[C@H]2[C@@H]3C(O)C[C@@H]4CC(O)CC[C@]4(C)[C@H]3CC[C@]12C. The Morgan fingerprint density at radius 1 is 1.00 bits per heavy atom. The van der Waals surface area contributed by atoms with Crippen molar-refractivity contribution in [1.29, 1.82) is 0 Å². The number of carboxylic acid groups (broad SMARTS) is 1. The predicted molar refractivity (Wildman–Crippen MR) is 109 cm³/mol. The molecule has 0 spiro atoms. The summed E-state index contributed by atoms with van der Waals surface area (Å²) in [6, 6.07) is 0. The molecule has 10 atom stereocenters. The van der Waals surface area contributed by atoms with Crippen LogP contribution in [0, 0.1) is 46.3 Å². The van der Waals surface area contributed by atoms with Gasteiger partial charge in [-0.25, -0.2) is 0 Å². The molecule has 28 heavy (non-hydrogen) atoms. The molecule has 0 aromatic rings. The Labute approximate surface area is 170 Å². The number of aliphatic carboxylic acids is 1. The zero-order valence-electron chi connectivity index (χ0n) is 17.9. The van der Waals surface area contributed by atoms with Crippen LogP contribution in [0.25, 0.3) is 0 Å². The molecule has 0 bridgehead atoms. The minimum Gasteiger partial charge on any atom is -0.481 e. The highest BCUT2D eigenvalue weighted by Gasteiger charge is 2.62. The first-order valence-electron chi connectivity index (χ1n) is 11.7. The van der Waals surface area contributed by atoms with Crippen molar-refractivity contribution in [3.8, 4) is 0 Å². The summed E-state index contributed by atoms with van der Waals surface area (Å²) in [6.45, 7) is 7.16. The number of fused-ring (bicyclic) bond motifs is 5. The van der Waals surface area contributed by atoms with Crippen molar-refractivity contribution in [3.63, 3.8) is 0 Å². The van der Waals surface area contributed by atoms with Crippen molar-refractivity contribution < 1.29 is 20.1 Å². The topological polar surface area (TPSA) is 77.8 Å². The Balaban J connectivity index is 1.55. The van der Waals surface area contributed by atoms with Gasteiger partial charge in [0.2, 0.25) is 0 Å². The summed E-state index contributed by atoms with van der Waals surface area (Å²) in [5, 5.41) is 30.5. The van der Waals surface area contributed by atoms with E-state index in [1.807, 2.05) is 0 Å². The molecule has 0 aromatic carbocycles.